The molecule has 0 radical (unpaired) electrons. The Balaban J connectivity index is 0.000000405. The van der Waals surface area contributed by atoms with Crippen LogP contribution in [0, 0.1) is 11.8 Å². The zero-order valence-electron chi connectivity index (χ0n) is 5.65. The van der Waals surface area contributed by atoms with Crippen LogP contribution < -0.4 is 17.0 Å². The zero-order valence-corrected chi connectivity index (χ0v) is 10.2. The van der Waals surface area contributed by atoms with Gasteiger partial charge in [0.05, 0.1) is 0 Å². The summed E-state index contributed by atoms with van der Waals surface area (Å²) in [6.45, 7) is 0. The van der Waals surface area contributed by atoms with Crippen LogP contribution in [0.4, 0.5) is 0 Å². The fraction of sp³-hybridized carbons (Fsp3) is 1.00. The van der Waals surface area contributed by atoms with Gasteiger partial charge in [0.15, 0.2) is 0 Å². The minimum absolute atomic E-state index is 0. The van der Waals surface area contributed by atoms with Gasteiger partial charge in [0.2, 0.25) is 0 Å². The molecule has 2 atom stereocenters. The second kappa shape index (κ2) is 3.01. The third kappa shape index (κ3) is 1.26. The van der Waals surface area contributed by atoms with Crippen molar-refractivity contribution in [3.05, 3.63) is 0 Å². The van der Waals surface area contributed by atoms with Crippen molar-refractivity contribution in [2.75, 3.05) is 0 Å². The molecule has 2 heteroatoms. The molecule has 0 aromatic carbocycles. The van der Waals surface area contributed by atoms with E-state index in [1.54, 1.807) is 44.0 Å². The van der Waals surface area contributed by atoms with E-state index in [1.807, 2.05) is 0 Å². The van der Waals surface area contributed by atoms with E-state index in [1.165, 1.54) is 16.3 Å². The van der Waals surface area contributed by atoms with Crippen LogP contribution in [0.15, 0.2) is 0 Å². The molecular formula is C7H11BrZn. The molecule has 0 amide bonds. The van der Waals surface area contributed by atoms with Gasteiger partial charge in [0.25, 0.3) is 0 Å². The van der Waals surface area contributed by atoms with E-state index >= 15 is 0 Å². The molecule has 0 N–H and O–H groups in total. The second-order valence-electron chi connectivity index (χ2n) is 3.35. The van der Waals surface area contributed by atoms with Crippen LogP contribution in [-0.2, 0) is 18.3 Å². The molecule has 0 spiro atoms. The molecule has 3 rings (SSSR count). The molecule has 0 aliphatic heterocycles. The van der Waals surface area contributed by atoms with Crippen molar-refractivity contribution < 1.29 is 35.3 Å². The maximum absolute atomic E-state index is 1.60. The van der Waals surface area contributed by atoms with Gasteiger partial charge in [-0.05, 0) is 0 Å². The summed E-state index contributed by atoms with van der Waals surface area (Å²) in [5, 5.41) is 0. The molecule has 2 bridgehead atoms. The molecular weight excluding hydrogens is 229 g/mol. The van der Waals surface area contributed by atoms with Crippen LogP contribution in [0.1, 0.15) is 25.7 Å². The first-order valence-electron chi connectivity index (χ1n) is 3.71. The first-order chi connectivity index (χ1) is 3.88. The SMILES string of the molecule is [Br-].[Zn+][CH]1C2CCCC1C2. The van der Waals surface area contributed by atoms with Crippen LogP contribution in [0.25, 0.3) is 0 Å². The van der Waals surface area contributed by atoms with E-state index in [0.717, 1.165) is 0 Å². The third-order valence-corrected chi connectivity index (χ3v) is 5.76. The minimum atomic E-state index is 0. The fourth-order valence-electron chi connectivity index (χ4n) is 2.23. The number of rotatable bonds is 0. The van der Waals surface area contributed by atoms with Gasteiger partial charge < -0.3 is 17.0 Å². The van der Waals surface area contributed by atoms with E-state index in [4.69, 9.17) is 0 Å². The van der Waals surface area contributed by atoms with Crippen molar-refractivity contribution in [1.29, 1.82) is 0 Å². The van der Waals surface area contributed by atoms with Crippen molar-refractivity contribution in [3.8, 4) is 0 Å². The van der Waals surface area contributed by atoms with Crippen molar-refractivity contribution >= 4 is 0 Å². The summed E-state index contributed by atoms with van der Waals surface area (Å²) in [7, 11) is 0. The first kappa shape index (κ1) is 8.20. The number of hydrogen-bond acceptors (Lipinski definition) is 0. The van der Waals surface area contributed by atoms with Crippen LogP contribution in [0.5, 0.6) is 0 Å². The Kier molecular flexibility index (Phi) is 2.74. The van der Waals surface area contributed by atoms with Gasteiger partial charge in [0, 0.05) is 0 Å². The number of halogens is 1. The predicted octanol–water partition coefficient (Wildman–Crippen LogP) is -0.854. The Morgan fingerprint density at radius 3 is 1.89 bits per heavy atom. The van der Waals surface area contributed by atoms with Gasteiger partial charge in [-0.15, -0.1) is 0 Å². The maximum atomic E-state index is 1.60. The molecule has 3 aliphatic rings. The van der Waals surface area contributed by atoms with Gasteiger partial charge in [-0.2, -0.15) is 0 Å². The second-order valence-corrected chi connectivity index (χ2v) is 5.33. The summed E-state index contributed by atoms with van der Waals surface area (Å²) in [5.41, 5.74) is 0. The summed E-state index contributed by atoms with van der Waals surface area (Å²) in [4.78, 5) is 0. The third-order valence-electron chi connectivity index (χ3n) is 2.97. The summed E-state index contributed by atoms with van der Waals surface area (Å²) in [6, 6.07) is 0. The normalized spacial score (nSPS) is 47.1. The molecule has 0 saturated heterocycles. The van der Waals surface area contributed by atoms with Crippen molar-refractivity contribution in [2.24, 2.45) is 11.8 Å². The van der Waals surface area contributed by atoms with Gasteiger partial charge in [0.1, 0.15) is 0 Å². The van der Waals surface area contributed by atoms with E-state index in [9.17, 15) is 0 Å². The number of fused-ring (bicyclic) bond motifs is 2. The van der Waals surface area contributed by atoms with Crippen molar-refractivity contribution in [3.63, 3.8) is 0 Å². The van der Waals surface area contributed by atoms with Gasteiger partial charge >= 0.3 is 60.3 Å². The summed E-state index contributed by atoms with van der Waals surface area (Å²) >= 11 is 1.58. The van der Waals surface area contributed by atoms with Crippen LogP contribution in [0.2, 0.25) is 4.51 Å². The Bertz CT molecular complexity index is 91.1. The topological polar surface area (TPSA) is 0 Å². The Morgan fingerprint density at radius 1 is 1.11 bits per heavy atom. The van der Waals surface area contributed by atoms with Crippen LogP contribution in [-0.4, -0.2) is 0 Å². The number of hydrogen-bond donors (Lipinski definition) is 0. The summed E-state index contributed by atoms with van der Waals surface area (Å²) in [5.74, 6) is 2.41. The van der Waals surface area contributed by atoms with Gasteiger partial charge in [-0.25, -0.2) is 0 Å². The molecule has 0 aromatic heterocycles. The average Bonchev–Trinajstić information content (AvgIpc) is 1.89. The average molecular weight is 240 g/mol. The van der Waals surface area contributed by atoms with Gasteiger partial charge in [-0.3, -0.25) is 0 Å². The standard InChI is InChI=1S/C7H11.BrH.Zn/c1-2-6-4-7(3-1)5-6;;/h4,6-7H,1-3,5H2;1H;/q;;+1/p-1. The van der Waals surface area contributed by atoms with Crippen LogP contribution >= 0.6 is 0 Å². The molecule has 3 aliphatic carbocycles. The van der Waals surface area contributed by atoms with E-state index < -0.39 is 0 Å². The summed E-state index contributed by atoms with van der Waals surface area (Å²) < 4.78 is 1.23. The Morgan fingerprint density at radius 2 is 1.67 bits per heavy atom. The zero-order chi connectivity index (χ0) is 5.56. The van der Waals surface area contributed by atoms with Crippen molar-refractivity contribution in [2.45, 2.75) is 30.2 Å². The van der Waals surface area contributed by atoms with E-state index in [0.29, 0.717) is 0 Å². The fourth-order valence-corrected chi connectivity index (χ4v) is 4.03. The first-order valence-corrected chi connectivity index (χ1v) is 5.42. The van der Waals surface area contributed by atoms with Crippen molar-refractivity contribution in [1.82, 2.24) is 0 Å². The molecule has 0 heterocycles. The molecule has 0 aromatic rings. The van der Waals surface area contributed by atoms with Gasteiger partial charge in [-0.1, -0.05) is 0 Å². The Labute approximate surface area is 77.2 Å². The van der Waals surface area contributed by atoms with Crippen LogP contribution in [0.3, 0.4) is 0 Å². The monoisotopic (exact) mass is 238 g/mol. The quantitative estimate of drug-likeness (QED) is 0.484. The molecule has 3 fully saturated rings. The summed E-state index contributed by atoms with van der Waals surface area (Å²) in [6.07, 6.45) is 6.29. The molecule has 9 heavy (non-hydrogen) atoms. The molecule has 3 saturated carbocycles. The Hall–Kier alpha value is 1.10. The molecule has 0 nitrogen and oxygen atoms in total. The molecule has 2 unspecified atom stereocenters. The van der Waals surface area contributed by atoms with E-state index in [-0.39, 0.29) is 17.0 Å². The predicted molar refractivity (Wildman–Crippen MR) is 29.2 cm³/mol. The van der Waals surface area contributed by atoms with E-state index in [2.05, 4.69) is 0 Å². The molecule has 48 valence electrons.